The van der Waals surface area contributed by atoms with E-state index in [1.807, 2.05) is 6.92 Å². The van der Waals surface area contributed by atoms with Crippen molar-refractivity contribution in [1.29, 1.82) is 0 Å². The average molecular weight is 172 g/mol. The molecule has 1 unspecified atom stereocenters. The number of aliphatic hydroxyl groups excluding tert-OH is 1. The van der Waals surface area contributed by atoms with Gasteiger partial charge in [-0.3, -0.25) is 10.1 Å². The highest BCUT2D eigenvalue weighted by molar-refractivity contribution is 5.79. The standard InChI is InChI=1S/C8H16N2O2/c1-2-6(7(9)12)10-8(5-11)3-4-8/h6,10-11H,2-5H2,1H3,(H2,9,12). The van der Waals surface area contributed by atoms with Gasteiger partial charge >= 0.3 is 0 Å². The molecule has 4 N–H and O–H groups in total. The van der Waals surface area contributed by atoms with E-state index < -0.39 is 0 Å². The number of carbonyl (C=O) groups is 1. The highest BCUT2D eigenvalue weighted by Crippen LogP contribution is 2.35. The fourth-order valence-electron chi connectivity index (χ4n) is 1.24. The Hall–Kier alpha value is -0.610. The maximum absolute atomic E-state index is 10.8. The lowest BCUT2D eigenvalue weighted by molar-refractivity contribution is -0.120. The van der Waals surface area contributed by atoms with Crippen LogP contribution >= 0.6 is 0 Å². The van der Waals surface area contributed by atoms with Crippen molar-refractivity contribution in [1.82, 2.24) is 5.32 Å². The van der Waals surface area contributed by atoms with E-state index >= 15 is 0 Å². The van der Waals surface area contributed by atoms with Crippen molar-refractivity contribution >= 4 is 5.91 Å². The summed E-state index contributed by atoms with van der Waals surface area (Å²) < 4.78 is 0. The van der Waals surface area contributed by atoms with Crippen LogP contribution in [0.3, 0.4) is 0 Å². The Morgan fingerprint density at radius 2 is 2.33 bits per heavy atom. The molecule has 0 aromatic rings. The second kappa shape index (κ2) is 3.41. The first kappa shape index (κ1) is 9.48. The van der Waals surface area contributed by atoms with Crippen molar-refractivity contribution in [2.45, 2.75) is 37.8 Å². The number of primary amides is 1. The summed E-state index contributed by atoms with van der Waals surface area (Å²) in [5.41, 5.74) is 4.96. The molecule has 0 radical (unpaired) electrons. The Balaban J connectivity index is 2.42. The smallest absolute Gasteiger partial charge is 0.234 e. The quantitative estimate of drug-likeness (QED) is 0.516. The molecule has 1 aliphatic rings. The summed E-state index contributed by atoms with van der Waals surface area (Å²) in [7, 11) is 0. The van der Waals surface area contributed by atoms with Crippen LogP contribution < -0.4 is 11.1 Å². The van der Waals surface area contributed by atoms with Gasteiger partial charge in [0.25, 0.3) is 0 Å². The molecule has 1 rings (SSSR count). The van der Waals surface area contributed by atoms with Gasteiger partial charge in [0.2, 0.25) is 5.91 Å². The molecule has 1 atom stereocenters. The van der Waals surface area contributed by atoms with Gasteiger partial charge in [-0.15, -0.1) is 0 Å². The molecule has 1 amide bonds. The van der Waals surface area contributed by atoms with E-state index in [1.165, 1.54) is 0 Å². The Labute approximate surface area is 72.1 Å². The highest BCUT2D eigenvalue weighted by atomic mass is 16.3. The molecular formula is C8H16N2O2. The second-order valence-corrected chi connectivity index (χ2v) is 3.45. The van der Waals surface area contributed by atoms with Gasteiger partial charge in [-0.25, -0.2) is 0 Å². The van der Waals surface area contributed by atoms with E-state index in [0.717, 1.165) is 12.8 Å². The van der Waals surface area contributed by atoms with Crippen LogP contribution in [-0.4, -0.2) is 29.2 Å². The van der Waals surface area contributed by atoms with E-state index in [2.05, 4.69) is 5.32 Å². The zero-order valence-corrected chi connectivity index (χ0v) is 7.34. The van der Waals surface area contributed by atoms with Crippen LogP contribution in [0.2, 0.25) is 0 Å². The molecule has 0 aromatic heterocycles. The Bertz CT molecular complexity index is 178. The summed E-state index contributed by atoms with van der Waals surface area (Å²) in [6, 6.07) is -0.292. The zero-order chi connectivity index (χ0) is 9.19. The first-order chi connectivity index (χ1) is 5.63. The molecule has 0 heterocycles. The fourth-order valence-corrected chi connectivity index (χ4v) is 1.24. The molecule has 0 saturated heterocycles. The Morgan fingerprint density at radius 1 is 1.75 bits per heavy atom. The zero-order valence-electron chi connectivity index (χ0n) is 7.34. The summed E-state index contributed by atoms with van der Waals surface area (Å²) in [6.45, 7) is 1.99. The number of hydrogen-bond donors (Lipinski definition) is 3. The van der Waals surface area contributed by atoms with E-state index in [0.29, 0.717) is 6.42 Å². The first-order valence-corrected chi connectivity index (χ1v) is 4.31. The lowest BCUT2D eigenvalue weighted by Crippen LogP contribution is -2.48. The first-order valence-electron chi connectivity index (χ1n) is 4.31. The number of aliphatic hydroxyl groups is 1. The van der Waals surface area contributed by atoms with Gasteiger partial charge < -0.3 is 10.8 Å². The Morgan fingerprint density at radius 3 is 2.58 bits per heavy atom. The average Bonchev–Trinajstić information content (AvgIpc) is 2.80. The molecule has 12 heavy (non-hydrogen) atoms. The summed E-state index contributed by atoms with van der Waals surface area (Å²) >= 11 is 0. The molecule has 0 aromatic carbocycles. The van der Waals surface area contributed by atoms with Crippen LogP contribution in [0.1, 0.15) is 26.2 Å². The van der Waals surface area contributed by atoms with E-state index in [4.69, 9.17) is 10.8 Å². The molecule has 0 aliphatic heterocycles. The van der Waals surface area contributed by atoms with Crippen LogP contribution in [0.5, 0.6) is 0 Å². The number of carbonyl (C=O) groups excluding carboxylic acids is 1. The van der Waals surface area contributed by atoms with E-state index in [1.54, 1.807) is 0 Å². The molecule has 70 valence electrons. The summed E-state index contributed by atoms with van der Waals surface area (Å²) in [6.07, 6.45) is 2.55. The van der Waals surface area contributed by atoms with E-state index in [9.17, 15) is 4.79 Å². The van der Waals surface area contributed by atoms with Crippen molar-refractivity contribution in [3.63, 3.8) is 0 Å². The molecule has 1 fully saturated rings. The Kier molecular flexibility index (Phi) is 2.69. The number of hydrogen-bond acceptors (Lipinski definition) is 3. The van der Waals surface area contributed by atoms with Crippen molar-refractivity contribution in [2.75, 3.05) is 6.61 Å². The van der Waals surface area contributed by atoms with Gasteiger partial charge in [-0.1, -0.05) is 6.92 Å². The topological polar surface area (TPSA) is 75.3 Å². The highest BCUT2D eigenvalue weighted by Gasteiger charge is 2.43. The number of nitrogens with two attached hydrogens (primary N) is 1. The minimum absolute atomic E-state index is 0.0940. The number of nitrogens with one attached hydrogen (secondary N) is 1. The number of amides is 1. The van der Waals surface area contributed by atoms with Crippen molar-refractivity contribution in [3.05, 3.63) is 0 Å². The SMILES string of the molecule is CCC(NC1(CO)CC1)C(N)=O. The predicted octanol–water partition coefficient (Wildman–Crippen LogP) is -0.635. The normalized spacial score (nSPS) is 21.8. The maximum Gasteiger partial charge on any atom is 0.234 e. The van der Waals surface area contributed by atoms with Crippen LogP contribution in [0.25, 0.3) is 0 Å². The summed E-state index contributed by atoms with van der Waals surface area (Å²) in [5.74, 6) is -0.336. The van der Waals surface area contributed by atoms with Gasteiger partial charge in [0, 0.05) is 5.54 Å². The third kappa shape index (κ3) is 1.95. The van der Waals surface area contributed by atoms with Crippen LogP contribution in [-0.2, 0) is 4.79 Å². The van der Waals surface area contributed by atoms with E-state index in [-0.39, 0.29) is 24.1 Å². The van der Waals surface area contributed by atoms with Crippen molar-refractivity contribution < 1.29 is 9.90 Å². The molecule has 1 aliphatic carbocycles. The van der Waals surface area contributed by atoms with Crippen LogP contribution in [0, 0.1) is 0 Å². The predicted molar refractivity (Wildman–Crippen MR) is 45.5 cm³/mol. The summed E-state index contributed by atoms with van der Waals surface area (Å²) in [5, 5.41) is 12.0. The molecule has 0 bridgehead atoms. The summed E-state index contributed by atoms with van der Waals surface area (Å²) in [4.78, 5) is 10.8. The lowest BCUT2D eigenvalue weighted by atomic mass is 10.1. The largest absolute Gasteiger partial charge is 0.394 e. The van der Waals surface area contributed by atoms with Gasteiger partial charge in [0.15, 0.2) is 0 Å². The minimum atomic E-state index is -0.336. The van der Waals surface area contributed by atoms with Gasteiger partial charge in [0.1, 0.15) is 0 Å². The second-order valence-electron chi connectivity index (χ2n) is 3.45. The third-order valence-corrected chi connectivity index (χ3v) is 2.39. The van der Waals surface area contributed by atoms with Gasteiger partial charge in [-0.2, -0.15) is 0 Å². The van der Waals surface area contributed by atoms with Crippen LogP contribution in [0.15, 0.2) is 0 Å². The maximum atomic E-state index is 10.8. The molecule has 1 saturated carbocycles. The van der Waals surface area contributed by atoms with Crippen molar-refractivity contribution in [3.8, 4) is 0 Å². The lowest BCUT2D eigenvalue weighted by Gasteiger charge is -2.20. The monoisotopic (exact) mass is 172 g/mol. The number of rotatable bonds is 5. The molecular weight excluding hydrogens is 156 g/mol. The fraction of sp³-hybridized carbons (Fsp3) is 0.875. The van der Waals surface area contributed by atoms with Gasteiger partial charge in [-0.05, 0) is 19.3 Å². The molecule has 4 nitrogen and oxygen atoms in total. The van der Waals surface area contributed by atoms with Gasteiger partial charge in [0.05, 0.1) is 12.6 Å². The third-order valence-electron chi connectivity index (χ3n) is 2.39. The van der Waals surface area contributed by atoms with Crippen LogP contribution in [0.4, 0.5) is 0 Å². The van der Waals surface area contributed by atoms with Crippen molar-refractivity contribution in [2.24, 2.45) is 5.73 Å². The molecule has 4 heteroatoms. The molecule has 0 spiro atoms. The minimum Gasteiger partial charge on any atom is -0.394 e.